The van der Waals surface area contributed by atoms with E-state index in [9.17, 15) is 4.79 Å². The summed E-state index contributed by atoms with van der Waals surface area (Å²) in [5.74, 6) is 1.28. The Morgan fingerprint density at radius 1 is 1.57 bits per heavy atom. The van der Waals surface area contributed by atoms with Gasteiger partial charge in [-0.15, -0.1) is 0 Å². The molecule has 78 valence electrons. The molecule has 0 N–H and O–H groups in total. The number of fused-ring (bicyclic) bond motifs is 2. The van der Waals surface area contributed by atoms with Crippen LogP contribution in [0.15, 0.2) is 11.6 Å². The van der Waals surface area contributed by atoms with Crippen molar-refractivity contribution in [1.29, 1.82) is 0 Å². The van der Waals surface area contributed by atoms with Gasteiger partial charge in [-0.3, -0.25) is 4.79 Å². The molecule has 2 fully saturated rings. The second kappa shape index (κ2) is 3.76. The van der Waals surface area contributed by atoms with Crippen molar-refractivity contribution in [2.24, 2.45) is 11.8 Å². The summed E-state index contributed by atoms with van der Waals surface area (Å²) >= 11 is 0. The molecule has 3 unspecified atom stereocenters. The molecule has 2 nitrogen and oxygen atoms in total. The normalized spacial score (nSPS) is 37.9. The highest BCUT2D eigenvalue weighted by Gasteiger charge is 2.44. The van der Waals surface area contributed by atoms with Crippen molar-refractivity contribution in [2.75, 3.05) is 0 Å². The Morgan fingerprint density at radius 3 is 2.93 bits per heavy atom. The first kappa shape index (κ1) is 9.75. The largest absolute Gasteiger partial charge is 0.462 e. The Kier molecular flexibility index (Phi) is 2.62. The first-order valence-corrected chi connectivity index (χ1v) is 5.59. The van der Waals surface area contributed by atoms with E-state index < -0.39 is 0 Å². The van der Waals surface area contributed by atoms with Crippen LogP contribution in [0.25, 0.3) is 0 Å². The van der Waals surface area contributed by atoms with Crippen LogP contribution in [0.4, 0.5) is 0 Å². The standard InChI is InChI=1S/C12H18O2/c1-3-9-5-8-6-10(9)11(7-8)14-12(13)4-2/h3,8,10-11H,4-7H2,1-2H3/b9-3-. The molecule has 0 amide bonds. The number of carbonyl (C=O) groups is 1. The van der Waals surface area contributed by atoms with Crippen LogP contribution in [-0.2, 0) is 9.53 Å². The van der Waals surface area contributed by atoms with Gasteiger partial charge in [0.2, 0.25) is 0 Å². The number of hydrogen-bond acceptors (Lipinski definition) is 2. The molecule has 0 heterocycles. The quantitative estimate of drug-likeness (QED) is 0.499. The van der Waals surface area contributed by atoms with E-state index in [0.717, 1.165) is 12.3 Å². The summed E-state index contributed by atoms with van der Waals surface area (Å²) < 4.78 is 5.45. The van der Waals surface area contributed by atoms with Gasteiger partial charge in [0.1, 0.15) is 6.10 Å². The third-order valence-electron chi connectivity index (χ3n) is 3.54. The molecular formula is C12H18O2. The summed E-state index contributed by atoms with van der Waals surface area (Å²) in [4.78, 5) is 11.2. The van der Waals surface area contributed by atoms with Crippen molar-refractivity contribution in [3.8, 4) is 0 Å². The zero-order chi connectivity index (χ0) is 10.1. The molecule has 0 aromatic rings. The van der Waals surface area contributed by atoms with Crippen LogP contribution >= 0.6 is 0 Å². The smallest absolute Gasteiger partial charge is 0.305 e. The molecule has 0 spiro atoms. The molecule has 0 aliphatic heterocycles. The van der Waals surface area contributed by atoms with E-state index in [4.69, 9.17) is 4.74 Å². The van der Waals surface area contributed by atoms with Gasteiger partial charge in [-0.1, -0.05) is 18.6 Å². The number of hydrogen-bond donors (Lipinski definition) is 0. The lowest BCUT2D eigenvalue weighted by Gasteiger charge is -2.24. The Hall–Kier alpha value is -0.790. The fourth-order valence-corrected chi connectivity index (χ4v) is 2.86. The second-order valence-electron chi connectivity index (χ2n) is 4.39. The zero-order valence-corrected chi connectivity index (χ0v) is 8.95. The minimum absolute atomic E-state index is 0.0435. The lowest BCUT2D eigenvalue weighted by Crippen LogP contribution is -2.25. The van der Waals surface area contributed by atoms with E-state index in [-0.39, 0.29) is 12.1 Å². The van der Waals surface area contributed by atoms with Crippen molar-refractivity contribution in [1.82, 2.24) is 0 Å². The molecular weight excluding hydrogens is 176 g/mol. The first-order chi connectivity index (χ1) is 6.74. The summed E-state index contributed by atoms with van der Waals surface area (Å²) in [6, 6.07) is 0. The van der Waals surface area contributed by atoms with Gasteiger partial charge >= 0.3 is 5.97 Å². The molecule has 2 rings (SSSR count). The lowest BCUT2D eigenvalue weighted by molar-refractivity contribution is -0.150. The number of esters is 1. The number of rotatable bonds is 2. The highest BCUT2D eigenvalue weighted by molar-refractivity contribution is 5.69. The molecule has 0 aromatic heterocycles. The maximum absolute atomic E-state index is 11.2. The molecule has 2 bridgehead atoms. The van der Waals surface area contributed by atoms with Gasteiger partial charge in [-0.2, -0.15) is 0 Å². The molecule has 2 saturated carbocycles. The lowest BCUT2D eigenvalue weighted by atomic mass is 9.92. The van der Waals surface area contributed by atoms with Gasteiger partial charge in [-0.25, -0.2) is 0 Å². The highest BCUT2D eigenvalue weighted by atomic mass is 16.5. The number of allylic oxidation sites excluding steroid dienone is 1. The van der Waals surface area contributed by atoms with E-state index in [1.54, 1.807) is 0 Å². The van der Waals surface area contributed by atoms with Gasteiger partial charge < -0.3 is 4.74 Å². The average Bonchev–Trinajstić information content (AvgIpc) is 2.75. The third kappa shape index (κ3) is 1.58. The summed E-state index contributed by atoms with van der Waals surface area (Å²) in [7, 11) is 0. The SMILES string of the molecule is C/C=C1/CC2CC(OC(=O)CC)C1C2. The van der Waals surface area contributed by atoms with E-state index >= 15 is 0 Å². The van der Waals surface area contributed by atoms with Crippen molar-refractivity contribution in [3.05, 3.63) is 11.6 Å². The highest BCUT2D eigenvalue weighted by Crippen LogP contribution is 2.49. The Bertz CT molecular complexity index is 267. The van der Waals surface area contributed by atoms with Crippen molar-refractivity contribution >= 4 is 5.97 Å². The number of carbonyl (C=O) groups excluding carboxylic acids is 1. The zero-order valence-electron chi connectivity index (χ0n) is 8.95. The second-order valence-corrected chi connectivity index (χ2v) is 4.39. The average molecular weight is 194 g/mol. The van der Waals surface area contributed by atoms with Gasteiger partial charge in [0, 0.05) is 12.3 Å². The topological polar surface area (TPSA) is 26.3 Å². The van der Waals surface area contributed by atoms with Gasteiger partial charge in [0.15, 0.2) is 0 Å². The summed E-state index contributed by atoms with van der Waals surface area (Å²) in [6.45, 7) is 3.95. The Morgan fingerprint density at radius 2 is 2.36 bits per heavy atom. The predicted molar refractivity (Wildman–Crippen MR) is 54.8 cm³/mol. The van der Waals surface area contributed by atoms with Crippen molar-refractivity contribution < 1.29 is 9.53 Å². The van der Waals surface area contributed by atoms with Crippen molar-refractivity contribution in [3.63, 3.8) is 0 Å². The first-order valence-electron chi connectivity index (χ1n) is 5.59. The maximum atomic E-state index is 11.2. The van der Waals surface area contributed by atoms with Gasteiger partial charge in [-0.05, 0) is 32.1 Å². The maximum Gasteiger partial charge on any atom is 0.305 e. The van der Waals surface area contributed by atoms with Crippen molar-refractivity contribution in [2.45, 2.75) is 45.6 Å². The molecule has 0 saturated heterocycles. The van der Waals surface area contributed by atoms with E-state index in [0.29, 0.717) is 12.3 Å². The summed E-state index contributed by atoms with van der Waals surface area (Å²) in [5.41, 5.74) is 1.51. The van der Waals surface area contributed by atoms with E-state index in [1.165, 1.54) is 18.4 Å². The van der Waals surface area contributed by atoms with Crippen LogP contribution in [0, 0.1) is 11.8 Å². The fraction of sp³-hybridized carbons (Fsp3) is 0.750. The van der Waals surface area contributed by atoms with E-state index in [2.05, 4.69) is 13.0 Å². The predicted octanol–water partition coefficient (Wildman–Crippen LogP) is 2.68. The Balaban J connectivity index is 2.00. The monoisotopic (exact) mass is 194 g/mol. The molecule has 14 heavy (non-hydrogen) atoms. The number of ether oxygens (including phenoxy) is 1. The van der Waals surface area contributed by atoms with Crippen LogP contribution in [0.1, 0.15) is 39.5 Å². The minimum Gasteiger partial charge on any atom is -0.462 e. The summed E-state index contributed by atoms with van der Waals surface area (Å²) in [5, 5.41) is 0. The molecule has 3 atom stereocenters. The molecule has 2 heteroatoms. The van der Waals surface area contributed by atoms with E-state index in [1.807, 2.05) is 6.92 Å². The third-order valence-corrected chi connectivity index (χ3v) is 3.54. The van der Waals surface area contributed by atoms with Gasteiger partial charge in [0.05, 0.1) is 0 Å². The molecule has 2 aliphatic carbocycles. The molecule has 0 radical (unpaired) electrons. The summed E-state index contributed by atoms with van der Waals surface area (Å²) in [6.07, 6.45) is 6.46. The fourth-order valence-electron chi connectivity index (χ4n) is 2.86. The van der Waals surface area contributed by atoms with Gasteiger partial charge in [0.25, 0.3) is 0 Å². The Labute approximate surface area is 85.3 Å². The van der Waals surface area contributed by atoms with Crippen LogP contribution in [0.2, 0.25) is 0 Å². The van der Waals surface area contributed by atoms with Crippen LogP contribution in [0.3, 0.4) is 0 Å². The van der Waals surface area contributed by atoms with Crippen LogP contribution in [0.5, 0.6) is 0 Å². The molecule has 0 aromatic carbocycles. The molecule has 2 aliphatic rings. The van der Waals surface area contributed by atoms with Crippen LogP contribution in [-0.4, -0.2) is 12.1 Å². The van der Waals surface area contributed by atoms with Crippen LogP contribution < -0.4 is 0 Å². The minimum atomic E-state index is -0.0435.